The summed E-state index contributed by atoms with van der Waals surface area (Å²) in [5.41, 5.74) is -0.414. The van der Waals surface area contributed by atoms with Crippen molar-refractivity contribution in [1.29, 1.82) is 0 Å². The van der Waals surface area contributed by atoms with Crippen molar-refractivity contribution >= 4 is 11.7 Å². The van der Waals surface area contributed by atoms with E-state index in [2.05, 4.69) is 5.32 Å². The number of anilines is 1. The second-order valence-corrected chi connectivity index (χ2v) is 5.60. The summed E-state index contributed by atoms with van der Waals surface area (Å²) in [6.45, 7) is 2.09. The van der Waals surface area contributed by atoms with Gasteiger partial charge in [-0.25, -0.2) is 4.79 Å². The third-order valence-electron chi connectivity index (χ3n) is 4.09. The van der Waals surface area contributed by atoms with Crippen molar-refractivity contribution in [2.45, 2.75) is 24.8 Å². The van der Waals surface area contributed by atoms with E-state index in [1.165, 1.54) is 12.1 Å². The summed E-state index contributed by atoms with van der Waals surface area (Å²) in [7, 11) is 0. The molecule has 0 aliphatic carbocycles. The van der Waals surface area contributed by atoms with E-state index in [4.69, 9.17) is 9.47 Å². The minimum Gasteiger partial charge on any atom is -0.347 e. The molecule has 23 heavy (non-hydrogen) atoms. The lowest BCUT2D eigenvalue weighted by molar-refractivity contribution is -0.181. The van der Waals surface area contributed by atoms with Crippen LogP contribution in [0.2, 0.25) is 0 Å². The summed E-state index contributed by atoms with van der Waals surface area (Å²) in [4.78, 5) is 13.8. The maximum absolute atomic E-state index is 12.5. The third kappa shape index (κ3) is 3.59. The Morgan fingerprint density at radius 2 is 1.65 bits per heavy atom. The van der Waals surface area contributed by atoms with Crippen LogP contribution in [0.1, 0.15) is 18.4 Å². The molecule has 2 aliphatic rings. The van der Waals surface area contributed by atoms with Gasteiger partial charge in [0.2, 0.25) is 0 Å². The minimum atomic E-state index is -4.38. The number of likely N-dealkylation sites (tertiary alicyclic amines) is 1. The van der Waals surface area contributed by atoms with Crippen molar-refractivity contribution in [3.05, 3.63) is 29.8 Å². The van der Waals surface area contributed by atoms with Gasteiger partial charge >= 0.3 is 12.2 Å². The van der Waals surface area contributed by atoms with E-state index in [1.54, 1.807) is 4.90 Å². The second kappa shape index (κ2) is 6.01. The third-order valence-corrected chi connectivity index (χ3v) is 4.09. The summed E-state index contributed by atoms with van der Waals surface area (Å²) in [6.07, 6.45) is -3.20. The first-order valence-corrected chi connectivity index (χ1v) is 7.39. The first-order chi connectivity index (χ1) is 10.9. The van der Waals surface area contributed by atoms with Crippen LogP contribution in [-0.4, -0.2) is 43.0 Å². The molecule has 0 unspecified atom stereocenters. The van der Waals surface area contributed by atoms with E-state index in [1.807, 2.05) is 0 Å². The number of alkyl halides is 3. The van der Waals surface area contributed by atoms with Crippen LogP contribution in [0.4, 0.5) is 23.7 Å². The normalized spacial score (nSPS) is 20.7. The Labute approximate surface area is 131 Å². The number of halogens is 3. The molecule has 2 heterocycles. The molecule has 0 saturated carbocycles. The Morgan fingerprint density at radius 3 is 2.17 bits per heavy atom. The van der Waals surface area contributed by atoms with Crippen LogP contribution in [0.15, 0.2) is 24.3 Å². The van der Waals surface area contributed by atoms with E-state index in [9.17, 15) is 18.0 Å². The summed E-state index contributed by atoms with van der Waals surface area (Å²) in [6, 6.07) is 4.05. The van der Waals surface area contributed by atoms with Gasteiger partial charge in [-0.3, -0.25) is 0 Å². The molecule has 2 saturated heterocycles. The Bertz CT molecular complexity index is 558. The minimum absolute atomic E-state index is 0.330. The second-order valence-electron chi connectivity index (χ2n) is 5.60. The summed E-state index contributed by atoms with van der Waals surface area (Å²) in [5.74, 6) is -0.564. The Kier molecular flexibility index (Phi) is 4.20. The van der Waals surface area contributed by atoms with Crippen LogP contribution in [0.5, 0.6) is 0 Å². The number of nitrogens with one attached hydrogen (secondary N) is 1. The highest BCUT2D eigenvalue weighted by Crippen LogP contribution is 2.32. The van der Waals surface area contributed by atoms with Gasteiger partial charge in [-0.05, 0) is 24.3 Å². The zero-order valence-corrected chi connectivity index (χ0v) is 12.4. The van der Waals surface area contributed by atoms with Gasteiger partial charge in [0.25, 0.3) is 0 Å². The van der Waals surface area contributed by atoms with Crippen LogP contribution >= 0.6 is 0 Å². The molecule has 0 bridgehead atoms. The number of urea groups is 1. The van der Waals surface area contributed by atoms with Gasteiger partial charge in [-0.15, -0.1) is 0 Å². The first-order valence-electron chi connectivity index (χ1n) is 7.39. The van der Waals surface area contributed by atoms with E-state index in [-0.39, 0.29) is 6.03 Å². The highest BCUT2D eigenvalue weighted by Gasteiger charge is 2.40. The smallest absolute Gasteiger partial charge is 0.347 e. The number of ether oxygens (including phenoxy) is 2. The first kappa shape index (κ1) is 16.1. The number of nitrogens with zero attached hydrogens (tertiary/aromatic N) is 1. The lowest BCUT2D eigenvalue weighted by Gasteiger charge is -2.37. The molecule has 2 aliphatic heterocycles. The fourth-order valence-corrected chi connectivity index (χ4v) is 2.78. The fraction of sp³-hybridized carbons (Fsp3) is 0.533. The van der Waals surface area contributed by atoms with Crippen molar-refractivity contribution in [1.82, 2.24) is 4.90 Å². The largest absolute Gasteiger partial charge is 0.416 e. The molecule has 0 radical (unpaired) electrons. The molecule has 2 amide bonds. The molecule has 0 atom stereocenters. The molecule has 0 aromatic heterocycles. The van der Waals surface area contributed by atoms with Gasteiger partial charge in [0.05, 0.1) is 18.8 Å². The van der Waals surface area contributed by atoms with Gasteiger partial charge in [-0.1, -0.05) is 0 Å². The predicted octanol–water partition coefficient (Wildman–Crippen LogP) is 3.08. The highest BCUT2D eigenvalue weighted by atomic mass is 19.4. The van der Waals surface area contributed by atoms with Crippen molar-refractivity contribution in [2.24, 2.45) is 0 Å². The zero-order valence-electron chi connectivity index (χ0n) is 12.4. The Balaban J connectivity index is 1.55. The molecular formula is C15H17F3N2O3. The molecule has 8 heteroatoms. The molecule has 1 N–H and O–H groups in total. The van der Waals surface area contributed by atoms with Crippen molar-refractivity contribution in [3.8, 4) is 0 Å². The van der Waals surface area contributed by atoms with Crippen molar-refractivity contribution < 1.29 is 27.4 Å². The summed E-state index contributed by atoms with van der Waals surface area (Å²) < 4.78 is 48.7. The number of rotatable bonds is 1. The van der Waals surface area contributed by atoms with E-state index < -0.39 is 17.5 Å². The molecule has 1 aromatic rings. The molecule has 1 spiro atoms. The van der Waals surface area contributed by atoms with E-state index >= 15 is 0 Å². The number of carbonyl (C=O) groups is 1. The van der Waals surface area contributed by atoms with Crippen LogP contribution in [0.3, 0.4) is 0 Å². The highest BCUT2D eigenvalue weighted by molar-refractivity contribution is 5.89. The lowest BCUT2D eigenvalue weighted by Crippen LogP contribution is -2.48. The Morgan fingerprint density at radius 1 is 1.09 bits per heavy atom. The van der Waals surface area contributed by atoms with Gasteiger partial charge in [0.15, 0.2) is 5.79 Å². The number of amides is 2. The molecule has 1 aromatic carbocycles. The van der Waals surface area contributed by atoms with Gasteiger partial charge < -0.3 is 19.7 Å². The van der Waals surface area contributed by atoms with Crippen LogP contribution in [0.25, 0.3) is 0 Å². The van der Waals surface area contributed by atoms with E-state index in [0.717, 1.165) is 12.1 Å². The average molecular weight is 330 g/mol. The molecule has 2 fully saturated rings. The van der Waals surface area contributed by atoms with Crippen molar-refractivity contribution in [2.75, 3.05) is 31.6 Å². The lowest BCUT2D eigenvalue weighted by atomic mass is 10.0. The SMILES string of the molecule is O=C(Nc1ccc(C(F)(F)F)cc1)N1CCC2(CC1)OCCO2. The maximum atomic E-state index is 12.5. The maximum Gasteiger partial charge on any atom is 0.416 e. The number of hydrogen-bond donors (Lipinski definition) is 1. The zero-order chi connectivity index (χ0) is 16.5. The predicted molar refractivity (Wildman–Crippen MR) is 75.9 cm³/mol. The molecular weight excluding hydrogens is 313 g/mol. The van der Waals surface area contributed by atoms with Gasteiger partial charge in [-0.2, -0.15) is 13.2 Å². The number of benzene rings is 1. The summed E-state index contributed by atoms with van der Waals surface area (Å²) in [5, 5.41) is 2.61. The topological polar surface area (TPSA) is 50.8 Å². The number of piperidine rings is 1. The summed E-state index contributed by atoms with van der Waals surface area (Å²) >= 11 is 0. The monoisotopic (exact) mass is 330 g/mol. The fourth-order valence-electron chi connectivity index (χ4n) is 2.78. The van der Waals surface area contributed by atoms with Crippen molar-refractivity contribution in [3.63, 3.8) is 0 Å². The van der Waals surface area contributed by atoms with E-state index in [0.29, 0.717) is 44.8 Å². The standard InChI is InChI=1S/C15H17F3N2O3/c16-15(17,18)11-1-3-12(4-2-11)19-13(21)20-7-5-14(6-8-20)22-9-10-23-14/h1-4H,5-10H2,(H,19,21). The van der Waals surface area contributed by atoms with Gasteiger partial charge in [0.1, 0.15) is 0 Å². The van der Waals surface area contributed by atoms with Crippen LogP contribution < -0.4 is 5.32 Å². The van der Waals surface area contributed by atoms with Gasteiger partial charge in [0, 0.05) is 31.6 Å². The van der Waals surface area contributed by atoms with Crippen LogP contribution in [0, 0.1) is 0 Å². The Hall–Kier alpha value is -1.80. The van der Waals surface area contributed by atoms with Crippen LogP contribution in [-0.2, 0) is 15.7 Å². The average Bonchev–Trinajstić information content (AvgIpc) is 2.96. The number of hydrogen-bond acceptors (Lipinski definition) is 3. The molecule has 5 nitrogen and oxygen atoms in total. The quantitative estimate of drug-likeness (QED) is 0.861. The number of carbonyl (C=O) groups excluding carboxylic acids is 1. The molecule has 126 valence electrons. The molecule has 3 rings (SSSR count).